The van der Waals surface area contributed by atoms with E-state index in [9.17, 15) is 4.79 Å². The molecule has 1 N–H and O–H groups in total. The van der Waals surface area contributed by atoms with E-state index in [0.29, 0.717) is 5.56 Å². The average molecular weight is 317 g/mol. The first kappa shape index (κ1) is 19.0. The van der Waals surface area contributed by atoms with Gasteiger partial charge in [-0.15, -0.1) is 12.4 Å². The number of rotatable bonds is 7. The van der Waals surface area contributed by atoms with Crippen LogP contribution in [0.2, 0.25) is 0 Å². The Balaban J connectivity index is 0.00000361. The van der Waals surface area contributed by atoms with Crippen molar-refractivity contribution in [1.29, 1.82) is 0 Å². The van der Waals surface area contributed by atoms with E-state index in [-0.39, 0.29) is 23.2 Å². The lowest BCUT2D eigenvalue weighted by Gasteiger charge is -2.17. The van der Waals surface area contributed by atoms with Crippen molar-refractivity contribution in [3.63, 3.8) is 0 Å². The van der Waals surface area contributed by atoms with Crippen molar-refractivity contribution in [3.05, 3.63) is 35.9 Å². The highest BCUT2D eigenvalue weighted by molar-refractivity contribution is 8.15. The largest absolute Gasteiger partial charge is 0.410 e. The maximum Gasteiger partial charge on any atom is 0.221 e. The van der Waals surface area contributed by atoms with E-state index in [0.717, 1.165) is 25.4 Å². The third-order valence-corrected chi connectivity index (χ3v) is 3.79. The highest BCUT2D eigenvalue weighted by atomic mass is 35.5. The van der Waals surface area contributed by atoms with E-state index in [4.69, 9.17) is 5.21 Å². The van der Waals surface area contributed by atoms with E-state index in [1.54, 1.807) is 24.3 Å². The SMILES string of the molecule is CCN(CC)CCS/C(=N\O)C(=O)c1ccccc1.Cl. The lowest BCUT2D eigenvalue weighted by atomic mass is 10.1. The lowest BCUT2D eigenvalue weighted by Crippen LogP contribution is -2.26. The number of benzene rings is 1. The third-order valence-electron chi connectivity index (χ3n) is 2.86. The van der Waals surface area contributed by atoms with Gasteiger partial charge in [0.2, 0.25) is 5.78 Å². The number of Topliss-reactive ketones (excluding diaryl/α,β-unsaturated/α-hetero) is 1. The summed E-state index contributed by atoms with van der Waals surface area (Å²) in [7, 11) is 0. The Kier molecular flexibility index (Phi) is 10.2. The van der Waals surface area contributed by atoms with Crippen LogP contribution in [0.15, 0.2) is 35.5 Å². The van der Waals surface area contributed by atoms with Gasteiger partial charge >= 0.3 is 0 Å². The Bertz CT molecular complexity index is 422. The number of oxime groups is 1. The molecule has 0 saturated heterocycles. The molecule has 0 atom stereocenters. The molecule has 0 bridgehead atoms. The molecular weight excluding hydrogens is 296 g/mol. The molecule has 0 aliphatic carbocycles. The number of halogens is 1. The van der Waals surface area contributed by atoms with Gasteiger partial charge in [-0.05, 0) is 13.1 Å². The first-order chi connectivity index (χ1) is 9.22. The lowest BCUT2D eigenvalue weighted by molar-refractivity contribution is 0.106. The summed E-state index contributed by atoms with van der Waals surface area (Å²) in [5.41, 5.74) is 0.547. The molecule has 1 rings (SSSR count). The normalized spacial score (nSPS) is 11.2. The zero-order valence-corrected chi connectivity index (χ0v) is 13.4. The van der Waals surface area contributed by atoms with Gasteiger partial charge in [-0.25, -0.2) is 0 Å². The fraction of sp³-hybridized carbons (Fsp3) is 0.429. The van der Waals surface area contributed by atoms with Crippen molar-refractivity contribution in [1.82, 2.24) is 4.90 Å². The van der Waals surface area contributed by atoms with E-state index in [1.165, 1.54) is 11.8 Å². The van der Waals surface area contributed by atoms with Crippen LogP contribution in [0.5, 0.6) is 0 Å². The van der Waals surface area contributed by atoms with Crippen LogP contribution in [0.3, 0.4) is 0 Å². The molecule has 0 unspecified atom stereocenters. The maximum atomic E-state index is 12.1. The highest BCUT2D eigenvalue weighted by Gasteiger charge is 2.15. The highest BCUT2D eigenvalue weighted by Crippen LogP contribution is 2.11. The van der Waals surface area contributed by atoms with Crippen LogP contribution < -0.4 is 0 Å². The van der Waals surface area contributed by atoms with Gasteiger partial charge in [0.15, 0.2) is 5.04 Å². The molecule has 0 radical (unpaired) electrons. The van der Waals surface area contributed by atoms with Crippen LogP contribution in [0.25, 0.3) is 0 Å². The third kappa shape index (κ3) is 5.94. The minimum absolute atomic E-state index is 0. The fourth-order valence-electron chi connectivity index (χ4n) is 1.66. The number of carbonyl (C=O) groups is 1. The zero-order chi connectivity index (χ0) is 14.1. The number of hydrogen-bond acceptors (Lipinski definition) is 5. The van der Waals surface area contributed by atoms with Crippen molar-refractivity contribution < 1.29 is 10.0 Å². The second-order valence-corrected chi connectivity index (χ2v) is 5.06. The molecule has 0 aromatic heterocycles. The summed E-state index contributed by atoms with van der Waals surface area (Å²) in [4.78, 5) is 14.3. The molecular formula is C14H21ClN2O2S. The summed E-state index contributed by atoms with van der Waals surface area (Å²) >= 11 is 1.29. The van der Waals surface area contributed by atoms with Crippen LogP contribution in [-0.2, 0) is 0 Å². The number of nitrogens with zero attached hydrogens (tertiary/aromatic N) is 2. The van der Waals surface area contributed by atoms with Gasteiger partial charge in [0, 0.05) is 17.9 Å². The molecule has 0 spiro atoms. The van der Waals surface area contributed by atoms with Crippen LogP contribution in [0.4, 0.5) is 0 Å². The minimum Gasteiger partial charge on any atom is -0.410 e. The molecule has 0 aliphatic rings. The predicted octanol–water partition coefficient (Wildman–Crippen LogP) is 3.15. The standard InChI is InChI=1S/C14H20N2O2S.ClH/c1-3-16(4-2)10-11-19-14(15-18)13(17)12-8-6-5-7-9-12;/h5-9,18H,3-4,10-11H2,1-2H3;1H/b15-14-;. The first-order valence-corrected chi connectivity index (χ1v) is 7.38. The van der Waals surface area contributed by atoms with Crippen LogP contribution >= 0.6 is 24.2 Å². The summed E-state index contributed by atoms with van der Waals surface area (Å²) in [5, 5.41) is 12.2. The predicted molar refractivity (Wildman–Crippen MR) is 87.5 cm³/mol. The van der Waals surface area contributed by atoms with Gasteiger partial charge in [0.25, 0.3) is 0 Å². The molecule has 6 heteroatoms. The molecule has 1 aromatic carbocycles. The second kappa shape index (κ2) is 10.7. The quantitative estimate of drug-likeness (QED) is 0.276. The minimum atomic E-state index is -0.229. The van der Waals surface area contributed by atoms with Crippen molar-refractivity contribution >= 4 is 35.0 Å². The molecule has 0 heterocycles. The Labute approximate surface area is 130 Å². The summed E-state index contributed by atoms with van der Waals surface area (Å²) in [6.45, 7) is 7.04. The molecule has 4 nitrogen and oxygen atoms in total. The van der Waals surface area contributed by atoms with Gasteiger partial charge in [-0.3, -0.25) is 4.79 Å². The van der Waals surface area contributed by atoms with Gasteiger partial charge < -0.3 is 10.1 Å². The molecule has 0 fully saturated rings. The Morgan fingerprint density at radius 2 is 1.85 bits per heavy atom. The van der Waals surface area contributed by atoms with Gasteiger partial charge in [0.1, 0.15) is 0 Å². The number of thioether (sulfide) groups is 1. The summed E-state index contributed by atoms with van der Waals surface area (Å²) in [6, 6.07) is 8.88. The number of carbonyl (C=O) groups excluding carboxylic acids is 1. The van der Waals surface area contributed by atoms with Crippen LogP contribution in [0.1, 0.15) is 24.2 Å². The zero-order valence-electron chi connectivity index (χ0n) is 11.8. The molecule has 20 heavy (non-hydrogen) atoms. The second-order valence-electron chi connectivity index (χ2n) is 3.98. The molecule has 112 valence electrons. The van der Waals surface area contributed by atoms with Crippen molar-refractivity contribution in [2.75, 3.05) is 25.4 Å². The van der Waals surface area contributed by atoms with E-state index >= 15 is 0 Å². The summed E-state index contributed by atoms with van der Waals surface area (Å²) in [6.07, 6.45) is 0. The van der Waals surface area contributed by atoms with Crippen molar-refractivity contribution in [2.24, 2.45) is 5.16 Å². The molecule has 1 aromatic rings. The van der Waals surface area contributed by atoms with Gasteiger partial charge in [-0.2, -0.15) is 0 Å². The first-order valence-electron chi connectivity index (χ1n) is 6.39. The summed E-state index contributed by atoms with van der Waals surface area (Å²) < 4.78 is 0. The van der Waals surface area contributed by atoms with E-state index < -0.39 is 0 Å². The summed E-state index contributed by atoms with van der Waals surface area (Å²) in [5.74, 6) is 0.507. The average Bonchev–Trinajstić information content (AvgIpc) is 2.48. The van der Waals surface area contributed by atoms with Gasteiger partial charge in [-0.1, -0.05) is 61.1 Å². The molecule has 0 aliphatic heterocycles. The van der Waals surface area contributed by atoms with E-state index in [2.05, 4.69) is 23.9 Å². The fourth-order valence-corrected chi connectivity index (χ4v) is 2.51. The number of ketones is 1. The Hall–Kier alpha value is -1.04. The van der Waals surface area contributed by atoms with Crippen LogP contribution in [0, 0.1) is 0 Å². The van der Waals surface area contributed by atoms with Crippen molar-refractivity contribution in [2.45, 2.75) is 13.8 Å². The van der Waals surface area contributed by atoms with E-state index in [1.807, 2.05) is 6.07 Å². The Morgan fingerprint density at radius 1 is 1.25 bits per heavy atom. The molecule has 0 saturated carbocycles. The van der Waals surface area contributed by atoms with Gasteiger partial charge in [0.05, 0.1) is 0 Å². The van der Waals surface area contributed by atoms with Crippen LogP contribution in [-0.4, -0.2) is 46.3 Å². The van der Waals surface area contributed by atoms with Crippen molar-refractivity contribution in [3.8, 4) is 0 Å². The number of hydrogen-bond donors (Lipinski definition) is 1. The monoisotopic (exact) mass is 316 g/mol. The smallest absolute Gasteiger partial charge is 0.221 e. The topological polar surface area (TPSA) is 52.9 Å². The Morgan fingerprint density at radius 3 is 2.35 bits per heavy atom. The maximum absolute atomic E-state index is 12.1. The molecule has 0 amide bonds.